The van der Waals surface area contributed by atoms with Crippen molar-refractivity contribution in [2.75, 3.05) is 6.54 Å². The number of unbranched alkanes of at least 4 members (excludes halogenated alkanes) is 1. The van der Waals surface area contributed by atoms with Gasteiger partial charge in [-0.3, -0.25) is 4.79 Å². The van der Waals surface area contributed by atoms with Crippen molar-refractivity contribution in [1.29, 1.82) is 0 Å². The zero-order valence-electron chi connectivity index (χ0n) is 10.5. The first kappa shape index (κ1) is 14.4. The van der Waals surface area contributed by atoms with Crippen molar-refractivity contribution < 1.29 is 4.79 Å². The van der Waals surface area contributed by atoms with Crippen molar-refractivity contribution in [2.24, 2.45) is 11.7 Å². The highest BCUT2D eigenvalue weighted by molar-refractivity contribution is 7.80. The quantitative estimate of drug-likeness (QED) is 0.436. The molecule has 0 radical (unpaired) electrons. The van der Waals surface area contributed by atoms with Crippen molar-refractivity contribution in [3.8, 4) is 0 Å². The molecule has 0 spiro atoms. The molecule has 0 heterocycles. The fourth-order valence-electron chi connectivity index (χ4n) is 2.32. The maximum Gasteiger partial charge on any atom is 0.223 e. The number of thiocarbonyl (C=S) groups is 1. The first-order valence-corrected chi connectivity index (χ1v) is 7.17. The van der Waals surface area contributed by atoms with Gasteiger partial charge in [-0.1, -0.05) is 37.9 Å². The normalized spacial score (nSPS) is 17.4. The van der Waals surface area contributed by atoms with E-state index in [4.69, 9.17) is 18.0 Å². The molecule has 98 valence electrons. The number of hydrogen-bond acceptors (Lipinski definition) is 2. The van der Waals surface area contributed by atoms with E-state index < -0.39 is 0 Å². The molecular formula is C13H24N2OS. The molecule has 0 atom stereocenters. The Hall–Kier alpha value is -0.640. The molecule has 3 nitrogen and oxygen atoms in total. The van der Waals surface area contributed by atoms with Gasteiger partial charge in [0, 0.05) is 12.5 Å². The Morgan fingerprint density at radius 3 is 2.41 bits per heavy atom. The van der Waals surface area contributed by atoms with Crippen LogP contribution in [0.5, 0.6) is 0 Å². The lowest BCUT2D eigenvalue weighted by Gasteiger charge is -2.13. The number of rotatable bonds is 6. The molecule has 1 aliphatic rings. The van der Waals surface area contributed by atoms with Gasteiger partial charge in [0.05, 0.1) is 4.99 Å². The van der Waals surface area contributed by atoms with Crippen LogP contribution in [0.1, 0.15) is 57.8 Å². The van der Waals surface area contributed by atoms with Gasteiger partial charge in [0.1, 0.15) is 0 Å². The Bertz CT molecular complexity index is 248. The van der Waals surface area contributed by atoms with Crippen LogP contribution in [0.15, 0.2) is 0 Å². The number of amides is 1. The predicted molar refractivity (Wildman–Crippen MR) is 74.8 cm³/mol. The molecule has 3 N–H and O–H groups in total. The fraction of sp³-hybridized carbons (Fsp3) is 0.846. The number of nitrogens with one attached hydrogen (secondary N) is 1. The van der Waals surface area contributed by atoms with Gasteiger partial charge in [0.25, 0.3) is 0 Å². The Kier molecular flexibility index (Phi) is 7.17. The van der Waals surface area contributed by atoms with Crippen molar-refractivity contribution in [1.82, 2.24) is 5.32 Å². The maximum absolute atomic E-state index is 11.9. The summed E-state index contributed by atoms with van der Waals surface area (Å²) in [5.74, 6) is 0.510. The SMILES string of the molecule is NC(=S)CCCCNC(=O)C1CCCCCC1. The summed E-state index contributed by atoms with van der Waals surface area (Å²) in [7, 11) is 0. The smallest absolute Gasteiger partial charge is 0.223 e. The van der Waals surface area contributed by atoms with Crippen LogP contribution in [0.4, 0.5) is 0 Å². The lowest BCUT2D eigenvalue weighted by Crippen LogP contribution is -2.31. The molecule has 0 aromatic heterocycles. The summed E-state index contributed by atoms with van der Waals surface area (Å²) in [5, 5.41) is 3.03. The standard InChI is InChI=1S/C13H24N2OS/c14-12(17)9-5-6-10-15-13(16)11-7-3-1-2-4-8-11/h11H,1-10H2,(H2,14,17)(H,15,16). The molecule has 0 aromatic carbocycles. The highest BCUT2D eigenvalue weighted by atomic mass is 32.1. The molecular weight excluding hydrogens is 232 g/mol. The molecule has 1 fully saturated rings. The second kappa shape index (κ2) is 8.45. The summed E-state index contributed by atoms with van der Waals surface area (Å²) in [4.78, 5) is 12.5. The Morgan fingerprint density at radius 1 is 1.18 bits per heavy atom. The Labute approximate surface area is 110 Å². The minimum Gasteiger partial charge on any atom is -0.393 e. The average Bonchev–Trinajstić information content (AvgIpc) is 2.56. The second-order valence-corrected chi connectivity index (χ2v) is 5.43. The molecule has 0 aliphatic heterocycles. The lowest BCUT2D eigenvalue weighted by molar-refractivity contribution is -0.125. The molecule has 0 aromatic rings. The van der Waals surface area contributed by atoms with Crippen molar-refractivity contribution in [3.05, 3.63) is 0 Å². The van der Waals surface area contributed by atoms with E-state index in [2.05, 4.69) is 5.32 Å². The van der Waals surface area contributed by atoms with E-state index in [-0.39, 0.29) is 11.8 Å². The molecule has 1 amide bonds. The Morgan fingerprint density at radius 2 is 1.82 bits per heavy atom. The number of carbonyl (C=O) groups is 1. The molecule has 1 saturated carbocycles. The first-order valence-electron chi connectivity index (χ1n) is 6.76. The summed E-state index contributed by atoms with van der Waals surface area (Å²) < 4.78 is 0. The summed E-state index contributed by atoms with van der Waals surface area (Å²) in [6.07, 6.45) is 9.86. The molecule has 1 aliphatic carbocycles. The third-order valence-electron chi connectivity index (χ3n) is 3.38. The maximum atomic E-state index is 11.9. The van der Waals surface area contributed by atoms with Gasteiger partial charge < -0.3 is 11.1 Å². The average molecular weight is 256 g/mol. The van der Waals surface area contributed by atoms with Crippen LogP contribution < -0.4 is 11.1 Å². The zero-order valence-corrected chi connectivity index (χ0v) is 11.4. The number of nitrogens with two attached hydrogens (primary N) is 1. The minimum absolute atomic E-state index is 0.252. The molecule has 4 heteroatoms. The summed E-state index contributed by atoms with van der Waals surface area (Å²) in [6.45, 7) is 0.762. The largest absolute Gasteiger partial charge is 0.393 e. The van der Waals surface area contributed by atoms with Gasteiger partial charge in [-0.2, -0.15) is 0 Å². The van der Waals surface area contributed by atoms with Gasteiger partial charge in [0.15, 0.2) is 0 Å². The van der Waals surface area contributed by atoms with Gasteiger partial charge in [-0.25, -0.2) is 0 Å². The number of carbonyl (C=O) groups excluding carboxylic acids is 1. The monoisotopic (exact) mass is 256 g/mol. The van der Waals surface area contributed by atoms with Gasteiger partial charge in [-0.15, -0.1) is 0 Å². The molecule has 0 bridgehead atoms. The summed E-state index contributed by atoms with van der Waals surface area (Å²) >= 11 is 4.80. The zero-order chi connectivity index (χ0) is 12.5. The highest BCUT2D eigenvalue weighted by Gasteiger charge is 2.19. The van der Waals surface area contributed by atoms with Gasteiger partial charge >= 0.3 is 0 Å². The van der Waals surface area contributed by atoms with E-state index in [9.17, 15) is 4.79 Å². The van der Waals surface area contributed by atoms with E-state index in [0.29, 0.717) is 4.99 Å². The van der Waals surface area contributed by atoms with Crippen LogP contribution in [0.3, 0.4) is 0 Å². The predicted octanol–water partition coefficient (Wildman–Crippen LogP) is 2.53. The van der Waals surface area contributed by atoms with Crippen molar-refractivity contribution in [3.63, 3.8) is 0 Å². The molecule has 0 unspecified atom stereocenters. The van der Waals surface area contributed by atoms with Crippen LogP contribution in [-0.2, 0) is 4.79 Å². The lowest BCUT2D eigenvalue weighted by atomic mass is 9.99. The molecule has 1 rings (SSSR count). The number of hydrogen-bond donors (Lipinski definition) is 2. The van der Waals surface area contributed by atoms with Gasteiger partial charge in [-0.05, 0) is 32.1 Å². The first-order chi connectivity index (χ1) is 8.20. The third kappa shape index (κ3) is 6.61. The van der Waals surface area contributed by atoms with Crippen LogP contribution >= 0.6 is 12.2 Å². The van der Waals surface area contributed by atoms with Crippen molar-refractivity contribution in [2.45, 2.75) is 57.8 Å². The third-order valence-corrected chi connectivity index (χ3v) is 3.58. The highest BCUT2D eigenvalue weighted by Crippen LogP contribution is 2.22. The van der Waals surface area contributed by atoms with Crippen LogP contribution in [0.25, 0.3) is 0 Å². The second-order valence-electron chi connectivity index (χ2n) is 4.90. The van der Waals surface area contributed by atoms with Crippen molar-refractivity contribution >= 4 is 23.1 Å². The topological polar surface area (TPSA) is 55.1 Å². The molecule has 17 heavy (non-hydrogen) atoms. The van der Waals surface area contributed by atoms with Crippen LogP contribution in [-0.4, -0.2) is 17.4 Å². The fourth-order valence-corrected chi connectivity index (χ4v) is 2.47. The van der Waals surface area contributed by atoms with E-state index in [1.165, 1.54) is 25.7 Å². The summed E-state index contributed by atoms with van der Waals surface area (Å²) in [5.41, 5.74) is 5.41. The van der Waals surface area contributed by atoms with E-state index in [1.54, 1.807) is 0 Å². The minimum atomic E-state index is 0.252. The summed E-state index contributed by atoms with van der Waals surface area (Å²) in [6, 6.07) is 0. The van der Waals surface area contributed by atoms with E-state index in [1.807, 2.05) is 0 Å². The molecule has 0 saturated heterocycles. The van der Waals surface area contributed by atoms with Crippen LogP contribution in [0, 0.1) is 5.92 Å². The van der Waals surface area contributed by atoms with E-state index in [0.717, 1.165) is 38.6 Å². The van der Waals surface area contributed by atoms with Gasteiger partial charge in [0.2, 0.25) is 5.91 Å². The Balaban J connectivity index is 2.09. The van der Waals surface area contributed by atoms with Crippen LogP contribution in [0.2, 0.25) is 0 Å². The van der Waals surface area contributed by atoms with E-state index >= 15 is 0 Å².